The van der Waals surface area contributed by atoms with Crippen LogP contribution in [0.4, 0.5) is 0 Å². The van der Waals surface area contributed by atoms with Gasteiger partial charge in [0.2, 0.25) is 0 Å². The van der Waals surface area contributed by atoms with E-state index in [0.717, 1.165) is 0 Å². The highest BCUT2D eigenvalue weighted by Gasteiger charge is 2.52. The maximum absolute atomic E-state index is 10.8. The lowest BCUT2D eigenvalue weighted by molar-refractivity contribution is -0.368. The molecule has 2 fully saturated rings. The Kier molecular flexibility index (Phi) is 11.1. The minimum absolute atomic E-state index is 0.0748. The summed E-state index contributed by atoms with van der Waals surface area (Å²) in [7, 11) is 0. The highest BCUT2D eigenvalue weighted by molar-refractivity contribution is 5.56. The SMILES string of the molecule is O=C[C@H](O)[C@@H](O)[C@@H](O[C@@H]1O[C@H](CO)[C@H](O)[C@H](O[C@H]2O[C@H](CO)[C@H](O)[C@H](O)[C@H]2O)[C@H]1O)[C@H](O)CO. The molecule has 0 aliphatic carbocycles. The largest absolute Gasteiger partial charge is 0.394 e. The van der Waals surface area contributed by atoms with Gasteiger partial charge in [-0.1, -0.05) is 0 Å². The monoisotopic (exact) mass is 504 g/mol. The first kappa shape index (κ1) is 29.3. The number of aliphatic hydroxyl groups excluding tert-OH is 11. The van der Waals surface area contributed by atoms with Crippen molar-refractivity contribution in [1.29, 1.82) is 0 Å². The normalized spacial score (nSPS) is 42.6. The Bertz CT molecular complexity index is 623. The third-order valence-electron chi connectivity index (χ3n) is 5.65. The van der Waals surface area contributed by atoms with Gasteiger partial charge < -0.3 is 79.9 Å². The Balaban J connectivity index is 2.25. The first-order chi connectivity index (χ1) is 16.0. The van der Waals surface area contributed by atoms with E-state index >= 15 is 0 Å². The molecule has 34 heavy (non-hydrogen) atoms. The maximum atomic E-state index is 10.8. The molecule has 200 valence electrons. The van der Waals surface area contributed by atoms with Crippen molar-refractivity contribution in [2.24, 2.45) is 0 Å². The van der Waals surface area contributed by atoms with Gasteiger partial charge in [0.15, 0.2) is 18.9 Å². The van der Waals surface area contributed by atoms with Crippen LogP contribution in [-0.2, 0) is 23.7 Å². The molecule has 2 rings (SSSR count). The summed E-state index contributed by atoms with van der Waals surface area (Å²) in [5, 5.41) is 109. The van der Waals surface area contributed by atoms with Crippen LogP contribution in [0.15, 0.2) is 0 Å². The van der Waals surface area contributed by atoms with E-state index in [-0.39, 0.29) is 6.29 Å². The fraction of sp³-hybridized carbons (Fsp3) is 0.944. The molecular formula is C18H32O16. The summed E-state index contributed by atoms with van der Waals surface area (Å²) in [5.74, 6) is 0. The maximum Gasteiger partial charge on any atom is 0.187 e. The zero-order valence-electron chi connectivity index (χ0n) is 17.7. The van der Waals surface area contributed by atoms with Crippen LogP contribution in [0.2, 0.25) is 0 Å². The Morgan fingerprint density at radius 1 is 0.765 bits per heavy atom. The molecule has 0 radical (unpaired) electrons. The molecule has 0 amide bonds. The molecule has 2 aliphatic heterocycles. The Morgan fingerprint density at radius 3 is 1.85 bits per heavy atom. The van der Waals surface area contributed by atoms with Gasteiger partial charge in [-0.05, 0) is 0 Å². The van der Waals surface area contributed by atoms with Gasteiger partial charge in [0, 0.05) is 0 Å². The van der Waals surface area contributed by atoms with Crippen LogP contribution in [-0.4, -0.2) is 168 Å². The lowest BCUT2D eigenvalue weighted by atomic mass is 9.96. The van der Waals surface area contributed by atoms with Gasteiger partial charge >= 0.3 is 0 Å². The molecule has 16 heteroatoms. The van der Waals surface area contributed by atoms with E-state index in [2.05, 4.69) is 0 Å². The molecule has 2 saturated heterocycles. The molecule has 14 atom stereocenters. The number of aliphatic hydroxyl groups is 11. The zero-order chi connectivity index (χ0) is 25.7. The van der Waals surface area contributed by atoms with Crippen molar-refractivity contribution >= 4 is 6.29 Å². The average Bonchev–Trinajstić information content (AvgIpc) is 2.84. The van der Waals surface area contributed by atoms with Crippen LogP contribution in [0.3, 0.4) is 0 Å². The molecule has 0 spiro atoms. The minimum Gasteiger partial charge on any atom is -0.394 e. The van der Waals surface area contributed by atoms with Crippen molar-refractivity contribution in [3.8, 4) is 0 Å². The fourth-order valence-electron chi connectivity index (χ4n) is 3.59. The standard InChI is InChI=1S/C18H32O16/c19-1-5(23)9(25)15(6(24)2-20)33-18-14(30)16(11(27)8(4-22)32-18)34-17-13(29)12(28)10(26)7(3-21)31-17/h1,5-18,20-30H,2-4H2/t5-,6+,7+,8+,9+,10-,11-,12-,13+,14+,15-,16-,17+,18-/m0/s1. The molecule has 16 nitrogen and oxygen atoms in total. The lowest BCUT2D eigenvalue weighted by Crippen LogP contribution is -2.65. The first-order valence-electron chi connectivity index (χ1n) is 10.4. The van der Waals surface area contributed by atoms with Crippen LogP contribution in [0.25, 0.3) is 0 Å². The molecule has 0 unspecified atom stereocenters. The van der Waals surface area contributed by atoms with Crippen molar-refractivity contribution in [1.82, 2.24) is 0 Å². The number of aldehydes is 1. The topological polar surface area (TPSA) is 277 Å². The second-order valence-electron chi connectivity index (χ2n) is 7.97. The van der Waals surface area contributed by atoms with Crippen molar-refractivity contribution in [3.63, 3.8) is 0 Å². The molecule has 0 aromatic rings. The summed E-state index contributed by atoms with van der Waals surface area (Å²) in [6, 6.07) is 0. The van der Waals surface area contributed by atoms with Crippen LogP contribution < -0.4 is 0 Å². The van der Waals surface area contributed by atoms with Crippen molar-refractivity contribution < 1.29 is 79.9 Å². The zero-order valence-corrected chi connectivity index (χ0v) is 17.7. The predicted octanol–water partition coefficient (Wildman–Crippen LogP) is -7.73. The first-order valence-corrected chi connectivity index (χ1v) is 10.4. The smallest absolute Gasteiger partial charge is 0.187 e. The predicted molar refractivity (Wildman–Crippen MR) is 102 cm³/mol. The Morgan fingerprint density at radius 2 is 1.32 bits per heavy atom. The highest BCUT2D eigenvalue weighted by Crippen LogP contribution is 2.30. The molecule has 11 N–H and O–H groups in total. The van der Waals surface area contributed by atoms with Crippen LogP contribution in [0.1, 0.15) is 0 Å². The van der Waals surface area contributed by atoms with E-state index in [1.54, 1.807) is 0 Å². The number of hydrogen-bond donors (Lipinski definition) is 11. The van der Waals surface area contributed by atoms with Gasteiger partial charge in [-0.25, -0.2) is 0 Å². The quantitative estimate of drug-likeness (QED) is 0.117. The van der Waals surface area contributed by atoms with Gasteiger partial charge in [0.05, 0.1) is 19.8 Å². The van der Waals surface area contributed by atoms with Gasteiger partial charge in [-0.15, -0.1) is 0 Å². The summed E-state index contributed by atoms with van der Waals surface area (Å²) < 4.78 is 21.0. The third-order valence-corrected chi connectivity index (χ3v) is 5.65. The summed E-state index contributed by atoms with van der Waals surface area (Å²) >= 11 is 0. The van der Waals surface area contributed by atoms with E-state index < -0.39 is 106 Å². The second-order valence-corrected chi connectivity index (χ2v) is 7.97. The van der Waals surface area contributed by atoms with E-state index in [0.29, 0.717) is 0 Å². The Labute approximate surface area is 192 Å². The number of rotatable bonds is 11. The van der Waals surface area contributed by atoms with Gasteiger partial charge in [0.25, 0.3) is 0 Å². The van der Waals surface area contributed by atoms with E-state index in [4.69, 9.17) is 18.9 Å². The summed E-state index contributed by atoms with van der Waals surface area (Å²) in [6.07, 6.45) is -25.6. The van der Waals surface area contributed by atoms with E-state index in [1.165, 1.54) is 0 Å². The van der Waals surface area contributed by atoms with Crippen molar-refractivity contribution in [2.75, 3.05) is 19.8 Å². The van der Waals surface area contributed by atoms with Gasteiger partial charge in [-0.2, -0.15) is 0 Å². The van der Waals surface area contributed by atoms with Gasteiger partial charge in [-0.3, -0.25) is 0 Å². The summed E-state index contributed by atoms with van der Waals surface area (Å²) in [6.45, 7) is -2.66. The van der Waals surface area contributed by atoms with E-state index in [9.17, 15) is 61.0 Å². The Hall–Kier alpha value is -0.930. The molecule has 2 aliphatic rings. The molecule has 0 saturated carbocycles. The molecular weight excluding hydrogens is 472 g/mol. The molecule has 0 bridgehead atoms. The molecule has 0 aromatic heterocycles. The lowest BCUT2D eigenvalue weighted by Gasteiger charge is -2.46. The number of hydrogen-bond acceptors (Lipinski definition) is 16. The van der Waals surface area contributed by atoms with Crippen LogP contribution in [0, 0.1) is 0 Å². The van der Waals surface area contributed by atoms with E-state index in [1.807, 2.05) is 0 Å². The molecule has 2 heterocycles. The minimum atomic E-state index is -2.10. The third kappa shape index (κ3) is 6.25. The number of carbonyl (C=O) groups is 1. The highest BCUT2D eigenvalue weighted by atomic mass is 16.7. The summed E-state index contributed by atoms with van der Waals surface area (Å²) in [5.41, 5.74) is 0. The number of ether oxygens (including phenoxy) is 4. The van der Waals surface area contributed by atoms with Crippen molar-refractivity contribution in [3.05, 3.63) is 0 Å². The van der Waals surface area contributed by atoms with Crippen LogP contribution in [0.5, 0.6) is 0 Å². The molecule has 0 aromatic carbocycles. The van der Waals surface area contributed by atoms with Crippen LogP contribution >= 0.6 is 0 Å². The second kappa shape index (κ2) is 12.9. The van der Waals surface area contributed by atoms with Gasteiger partial charge in [0.1, 0.15) is 73.2 Å². The van der Waals surface area contributed by atoms with Crippen molar-refractivity contribution in [2.45, 2.75) is 85.8 Å². The summed E-state index contributed by atoms with van der Waals surface area (Å²) in [4.78, 5) is 10.8. The number of carbonyl (C=O) groups excluding carboxylic acids is 1. The average molecular weight is 504 g/mol. The fourth-order valence-corrected chi connectivity index (χ4v) is 3.59.